The molecule has 0 fully saturated rings. The van der Waals surface area contributed by atoms with Gasteiger partial charge >= 0.3 is 11.9 Å². The molecule has 0 unspecified atom stereocenters. The van der Waals surface area contributed by atoms with Crippen molar-refractivity contribution in [1.29, 1.82) is 0 Å². The van der Waals surface area contributed by atoms with Crippen molar-refractivity contribution in [2.45, 2.75) is 0 Å². The van der Waals surface area contributed by atoms with Crippen LogP contribution in [0, 0.1) is 0 Å². The Balaban J connectivity index is 2.31. The number of rotatable bonds is 3. The van der Waals surface area contributed by atoms with E-state index in [-0.39, 0.29) is 16.9 Å². The molecular formula is C15H11ClO4. The molecule has 2 rings (SSSR count). The number of benzene rings is 2. The van der Waals surface area contributed by atoms with Crippen LogP contribution in [0.3, 0.4) is 0 Å². The normalized spacial score (nSPS) is 9.90. The summed E-state index contributed by atoms with van der Waals surface area (Å²) in [5.74, 6) is -1.03. The van der Waals surface area contributed by atoms with E-state index in [0.29, 0.717) is 5.02 Å². The second-order valence-corrected chi connectivity index (χ2v) is 4.26. The van der Waals surface area contributed by atoms with Gasteiger partial charge in [-0.15, -0.1) is 0 Å². The van der Waals surface area contributed by atoms with Crippen LogP contribution in [0.4, 0.5) is 0 Å². The molecule has 0 aromatic heterocycles. The van der Waals surface area contributed by atoms with Crippen LogP contribution in [0.2, 0.25) is 5.02 Å². The molecule has 0 aliphatic rings. The van der Waals surface area contributed by atoms with Crippen molar-refractivity contribution < 1.29 is 19.1 Å². The fraction of sp³-hybridized carbons (Fsp3) is 0.0667. The van der Waals surface area contributed by atoms with Crippen molar-refractivity contribution >= 4 is 23.5 Å². The predicted molar refractivity (Wildman–Crippen MR) is 74.2 cm³/mol. The van der Waals surface area contributed by atoms with Crippen molar-refractivity contribution in [3.05, 3.63) is 64.7 Å². The van der Waals surface area contributed by atoms with Gasteiger partial charge < -0.3 is 9.47 Å². The highest BCUT2D eigenvalue weighted by Gasteiger charge is 2.19. The van der Waals surface area contributed by atoms with Crippen molar-refractivity contribution in [1.82, 2.24) is 0 Å². The first-order valence-electron chi connectivity index (χ1n) is 5.77. The van der Waals surface area contributed by atoms with Crippen LogP contribution in [0.5, 0.6) is 5.75 Å². The van der Waals surface area contributed by atoms with Crippen LogP contribution in [0.1, 0.15) is 20.7 Å². The second-order valence-electron chi connectivity index (χ2n) is 3.86. The number of hydrogen-bond donors (Lipinski definition) is 0. The summed E-state index contributed by atoms with van der Waals surface area (Å²) in [7, 11) is 1.25. The molecule has 0 bridgehead atoms. The summed E-state index contributed by atoms with van der Waals surface area (Å²) in [4.78, 5) is 23.7. The number of halogens is 1. The molecular weight excluding hydrogens is 280 g/mol. The monoisotopic (exact) mass is 290 g/mol. The number of para-hydroxylation sites is 1. The van der Waals surface area contributed by atoms with Gasteiger partial charge in [0.1, 0.15) is 5.75 Å². The van der Waals surface area contributed by atoms with E-state index in [1.807, 2.05) is 0 Å². The van der Waals surface area contributed by atoms with Gasteiger partial charge in [-0.3, -0.25) is 0 Å². The number of hydrogen-bond acceptors (Lipinski definition) is 4. The van der Waals surface area contributed by atoms with Gasteiger partial charge in [0.25, 0.3) is 0 Å². The third kappa shape index (κ3) is 2.97. The molecule has 0 amide bonds. The number of methoxy groups -OCH3 is 1. The summed E-state index contributed by atoms with van der Waals surface area (Å²) in [6.07, 6.45) is 0. The van der Waals surface area contributed by atoms with Crippen molar-refractivity contribution in [2.75, 3.05) is 7.11 Å². The first-order chi connectivity index (χ1) is 9.63. The summed E-state index contributed by atoms with van der Waals surface area (Å²) in [5, 5.41) is 0.316. The summed E-state index contributed by atoms with van der Waals surface area (Å²) in [6, 6.07) is 12.9. The molecule has 0 N–H and O–H groups in total. The molecule has 5 heteroatoms. The Kier molecular flexibility index (Phi) is 4.38. The Labute approximate surface area is 120 Å². The molecule has 0 radical (unpaired) electrons. The summed E-state index contributed by atoms with van der Waals surface area (Å²) in [6.45, 7) is 0. The number of carbonyl (C=O) groups is 2. The molecule has 2 aromatic carbocycles. The molecule has 0 aliphatic carbocycles. The number of carbonyl (C=O) groups excluding carboxylic acids is 2. The topological polar surface area (TPSA) is 52.6 Å². The lowest BCUT2D eigenvalue weighted by atomic mass is 10.1. The lowest BCUT2D eigenvalue weighted by Crippen LogP contribution is -2.15. The Hall–Kier alpha value is -2.33. The largest absolute Gasteiger partial charge is 0.465 e. The lowest BCUT2D eigenvalue weighted by Gasteiger charge is -2.08. The van der Waals surface area contributed by atoms with Crippen LogP contribution in [-0.2, 0) is 4.74 Å². The zero-order valence-electron chi connectivity index (χ0n) is 10.6. The fourth-order valence-electron chi connectivity index (χ4n) is 1.63. The van der Waals surface area contributed by atoms with Gasteiger partial charge in [-0.2, -0.15) is 0 Å². The highest BCUT2D eigenvalue weighted by Crippen LogP contribution is 2.24. The Morgan fingerprint density at radius 1 is 0.900 bits per heavy atom. The van der Waals surface area contributed by atoms with Gasteiger partial charge in [-0.05, 0) is 24.3 Å². The zero-order valence-corrected chi connectivity index (χ0v) is 11.4. The third-order valence-electron chi connectivity index (χ3n) is 2.59. The van der Waals surface area contributed by atoms with Crippen LogP contribution in [0.15, 0.2) is 48.5 Å². The standard InChI is InChI=1S/C15H11ClO4/c1-19-14(17)10-6-2-3-7-11(10)15(18)20-13-9-5-4-8-12(13)16/h2-9H,1H3. The van der Waals surface area contributed by atoms with E-state index < -0.39 is 11.9 Å². The van der Waals surface area contributed by atoms with E-state index in [1.165, 1.54) is 19.2 Å². The maximum atomic E-state index is 12.1. The van der Waals surface area contributed by atoms with Crippen LogP contribution < -0.4 is 4.74 Å². The zero-order chi connectivity index (χ0) is 14.5. The summed E-state index contributed by atoms with van der Waals surface area (Å²) in [5.41, 5.74) is 0.270. The first-order valence-corrected chi connectivity index (χ1v) is 6.15. The maximum absolute atomic E-state index is 12.1. The minimum atomic E-state index is -0.667. The smallest absolute Gasteiger partial charge is 0.344 e. The van der Waals surface area contributed by atoms with E-state index in [4.69, 9.17) is 16.3 Å². The van der Waals surface area contributed by atoms with Crippen molar-refractivity contribution in [3.8, 4) is 5.75 Å². The SMILES string of the molecule is COC(=O)c1ccccc1C(=O)Oc1ccccc1Cl. The van der Waals surface area contributed by atoms with Gasteiger partial charge in [-0.1, -0.05) is 35.9 Å². The van der Waals surface area contributed by atoms with Gasteiger partial charge in [0, 0.05) is 0 Å². The Morgan fingerprint density at radius 2 is 1.45 bits per heavy atom. The fourth-order valence-corrected chi connectivity index (χ4v) is 1.81. The second kappa shape index (κ2) is 6.21. The molecule has 0 aliphatic heterocycles. The molecule has 2 aromatic rings. The van der Waals surface area contributed by atoms with E-state index in [2.05, 4.69) is 4.74 Å². The molecule has 4 nitrogen and oxygen atoms in total. The maximum Gasteiger partial charge on any atom is 0.344 e. The van der Waals surface area contributed by atoms with Gasteiger partial charge in [0.2, 0.25) is 0 Å². The molecule has 0 spiro atoms. The van der Waals surface area contributed by atoms with Gasteiger partial charge in [0.15, 0.2) is 0 Å². The van der Waals surface area contributed by atoms with Gasteiger partial charge in [-0.25, -0.2) is 9.59 Å². The number of esters is 2. The van der Waals surface area contributed by atoms with Gasteiger partial charge in [0.05, 0.1) is 23.3 Å². The van der Waals surface area contributed by atoms with Crippen LogP contribution in [-0.4, -0.2) is 19.0 Å². The Morgan fingerprint density at radius 3 is 2.05 bits per heavy atom. The van der Waals surface area contributed by atoms with E-state index in [0.717, 1.165) is 0 Å². The lowest BCUT2D eigenvalue weighted by molar-refractivity contribution is 0.0587. The Bertz CT molecular complexity index is 652. The molecule has 0 saturated carbocycles. The molecule has 102 valence electrons. The predicted octanol–water partition coefficient (Wildman–Crippen LogP) is 3.35. The molecule has 0 heterocycles. The third-order valence-corrected chi connectivity index (χ3v) is 2.90. The average Bonchev–Trinajstić information content (AvgIpc) is 2.48. The first kappa shape index (κ1) is 14.1. The van der Waals surface area contributed by atoms with E-state index in [9.17, 15) is 9.59 Å². The van der Waals surface area contributed by atoms with E-state index >= 15 is 0 Å². The highest BCUT2D eigenvalue weighted by atomic mass is 35.5. The quantitative estimate of drug-likeness (QED) is 0.642. The van der Waals surface area contributed by atoms with Crippen molar-refractivity contribution in [3.63, 3.8) is 0 Å². The van der Waals surface area contributed by atoms with Crippen LogP contribution >= 0.6 is 11.6 Å². The number of ether oxygens (including phenoxy) is 2. The molecule has 0 saturated heterocycles. The minimum absolute atomic E-state index is 0.124. The summed E-state index contributed by atoms with van der Waals surface area (Å²) < 4.78 is 9.82. The average molecular weight is 291 g/mol. The summed E-state index contributed by atoms with van der Waals surface area (Å²) >= 11 is 5.92. The molecule has 20 heavy (non-hydrogen) atoms. The molecule has 0 atom stereocenters. The van der Waals surface area contributed by atoms with Crippen LogP contribution in [0.25, 0.3) is 0 Å². The minimum Gasteiger partial charge on any atom is -0.465 e. The highest BCUT2D eigenvalue weighted by molar-refractivity contribution is 6.32. The van der Waals surface area contributed by atoms with E-state index in [1.54, 1.807) is 36.4 Å². The van der Waals surface area contributed by atoms with Crippen molar-refractivity contribution in [2.24, 2.45) is 0 Å².